The van der Waals surface area contributed by atoms with Crippen molar-refractivity contribution < 1.29 is 23.7 Å². The molecule has 0 spiro atoms. The summed E-state index contributed by atoms with van der Waals surface area (Å²) in [4.78, 5) is 0. The van der Waals surface area contributed by atoms with E-state index in [1.807, 2.05) is 0 Å². The molecule has 5 nitrogen and oxygen atoms in total. The van der Waals surface area contributed by atoms with E-state index in [1.54, 1.807) is 0 Å². The fourth-order valence-corrected chi connectivity index (χ4v) is 4.44. The minimum Gasteiger partial charge on any atom is -0.364 e. The smallest absolute Gasteiger partial charge is 0.194 e. The Labute approximate surface area is 179 Å². The van der Waals surface area contributed by atoms with Crippen LogP contribution < -0.4 is 0 Å². The number of hydrogen-bond donors (Lipinski definition) is 0. The summed E-state index contributed by atoms with van der Waals surface area (Å²) in [7, 11) is 0. The monoisotopic (exact) mass is 414 g/mol. The highest BCUT2D eigenvalue weighted by molar-refractivity contribution is 4.87. The van der Waals surface area contributed by atoms with E-state index in [9.17, 15) is 0 Å². The average molecular weight is 415 g/mol. The van der Waals surface area contributed by atoms with Gasteiger partial charge >= 0.3 is 0 Å². The molecule has 0 aromatic rings. The van der Waals surface area contributed by atoms with Crippen LogP contribution in [-0.2, 0) is 23.7 Å². The highest BCUT2D eigenvalue weighted by Gasteiger charge is 2.48. The van der Waals surface area contributed by atoms with E-state index in [0.717, 1.165) is 65.0 Å². The van der Waals surface area contributed by atoms with Gasteiger partial charge in [-0.25, -0.2) is 0 Å². The molecular formula is C24H46O5. The van der Waals surface area contributed by atoms with Gasteiger partial charge in [0.1, 0.15) is 12.2 Å². The number of ether oxygens (including phenoxy) is 5. The summed E-state index contributed by atoms with van der Waals surface area (Å²) in [5, 5.41) is 0. The third-order valence-corrected chi connectivity index (χ3v) is 6.37. The second-order valence-corrected chi connectivity index (χ2v) is 8.77. The molecule has 172 valence electrons. The number of unbranched alkanes of at least 4 members (excludes halogenated alkanes) is 6. The number of hydrogen-bond acceptors (Lipinski definition) is 5. The van der Waals surface area contributed by atoms with Gasteiger partial charge in [-0.05, 0) is 39.5 Å². The Morgan fingerprint density at radius 2 is 1.14 bits per heavy atom. The Kier molecular flexibility index (Phi) is 11.5. The molecule has 29 heavy (non-hydrogen) atoms. The lowest BCUT2D eigenvalue weighted by molar-refractivity contribution is -0.316. The minimum atomic E-state index is -0.624. The van der Waals surface area contributed by atoms with Crippen LogP contribution in [0.4, 0.5) is 0 Å². The highest BCUT2D eigenvalue weighted by Crippen LogP contribution is 2.37. The first-order valence-corrected chi connectivity index (χ1v) is 12.3. The van der Waals surface area contributed by atoms with Gasteiger partial charge in [-0.3, -0.25) is 0 Å². The van der Waals surface area contributed by atoms with E-state index in [4.69, 9.17) is 23.7 Å². The molecule has 4 atom stereocenters. The van der Waals surface area contributed by atoms with E-state index in [-0.39, 0.29) is 12.2 Å². The second-order valence-electron chi connectivity index (χ2n) is 8.77. The Morgan fingerprint density at radius 3 is 1.48 bits per heavy atom. The van der Waals surface area contributed by atoms with Crippen molar-refractivity contribution in [2.24, 2.45) is 0 Å². The summed E-state index contributed by atoms with van der Waals surface area (Å²) in [5.41, 5.74) is 0. The molecule has 2 rings (SSSR count). The van der Waals surface area contributed by atoms with Gasteiger partial charge in [0.05, 0.1) is 26.4 Å². The molecule has 0 aromatic heterocycles. The molecule has 0 amide bonds. The zero-order valence-corrected chi connectivity index (χ0v) is 19.5. The predicted octanol–water partition coefficient (Wildman–Crippen LogP) is 5.99. The van der Waals surface area contributed by atoms with Crippen molar-refractivity contribution in [2.75, 3.05) is 26.4 Å². The van der Waals surface area contributed by atoms with Crippen molar-refractivity contribution in [2.45, 2.75) is 129 Å². The van der Waals surface area contributed by atoms with E-state index < -0.39 is 11.6 Å². The number of rotatable bonds is 16. The second kappa shape index (κ2) is 13.3. The van der Waals surface area contributed by atoms with Gasteiger partial charge < -0.3 is 23.7 Å². The molecule has 2 aliphatic heterocycles. The lowest BCUT2D eigenvalue weighted by Gasteiger charge is -2.40. The maximum absolute atomic E-state index is 6.48. The lowest BCUT2D eigenvalue weighted by Crippen LogP contribution is -2.51. The third kappa shape index (κ3) is 7.46. The first-order chi connectivity index (χ1) is 14.1. The van der Waals surface area contributed by atoms with Crippen LogP contribution in [0.1, 0.15) is 105 Å². The quantitative estimate of drug-likeness (QED) is 0.290. The standard InChI is InChI=1S/C24H46O5/c1-5-7-9-11-17-25-23(15-13-19-27-23)21(3)29-22(4)24(16-14-20-28-24)26-18-12-10-8-6-2/h21-22H,5-20H2,1-4H3. The van der Waals surface area contributed by atoms with Gasteiger partial charge in [0, 0.05) is 12.8 Å². The van der Waals surface area contributed by atoms with Gasteiger partial charge in [0.2, 0.25) is 0 Å². The first kappa shape index (κ1) is 25.1. The van der Waals surface area contributed by atoms with Crippen molar-refractivity contribution >= 4 is 0 Å². The van der Waals surface area contributed by atoms with Gasteiger partial charge in [-0.2, -0.15) is 0 Å². The van der Waals surface area contributed by atoms with Crippen molar-refractivity contribution in [1.82, 2.24) is 0 Å². The molecule has 2 saturated heterocycles. The Hall–Kier alpha value is -0.200. The van der Waals surface area contributed by atoms with Crippen molar-refractivity contribution in [3.8, 4) is 0 Å². The van der Waals surface area contributed by atoms with Crippen LogP contribution in [0, 0.1) is 0 Å². The minimum absolute atomic E-state index is 0.157. The van der Waals surface area contributed by atoms with Crippen LogP contribution in [0.3, 0.4) is 0 Å². The molecule has 5 heteroatoms. The maximum Gasteiger partial charge on any atom is 0.194 e. The Bertz CT molecular complexity index is 377. The fourth-order valence-electron chi connectivity index (χ4n) is 4.44. The summed E-state index contributed by atoms with van der Waals surface area (Å²) in [6, 6.07) is 0. The zero-order chi connectivity index (χ0) is 21.0. The molecule has 2 fully saturated rings. The van der Waals surface area contributed by atoms with E-state index >= 15 is 0 Å². The summed E-state index contributed by atoms with van der Waals surface area (Å²) < 4.78 is 31.3. The zero-order valence-electron chi connectivity index (χ0n) is 19.5. The van der Waals surface area contributed by atoms with Crippen LogP contribution in [0.15, 0.2) is 0 Å². The van der Waals surface area contributed by atoms with Gasteiger partial charge in [0.25, 0.3) is 0 Å². The van der Waals surface area contributed by atoms with Crippen LogP contribution in [-0.4, -0.2) is 50.2 Å². The van der Waals surface area contributed by atoms with Crippen LogP contribution in [0.2, 0.25) is 0 Å². The lowest BCUT2D eigenvalue weighted by atomic mass is 10.0. The summed E-state index contributed by atoms with van der Waals surface area (Å²) in [5.74, 6) is -1.25. The Balaban J connectivity index is 1.88. The van der Waals surface area contributed by atoms with Crippen LogP contribution in [0.25, 0.3) is 0 Å². The molecule has 0 saturated carbocycles. The molecule has 2 heterocycles. The van der Waals surface area contributed by atoms with Crippen molar-refractivity contribution in [1.29, 1.82) is 0 Å². The fraction of sp³-hybridized carbons (Fsp3) is 1.00. The molecule has 0 aliphatic carbocycles. The maximum atomic E-state index is 6.48. The Morgan fingerprint density at radius 1 is 0.690 bits per heavy atom. The molecule has 4 unspecified atom stereocenters. The van der Waals surface area contributed by atoms with Gasteiger partial charge in [-0.1, -0.05) is 52.4 Å². The van der Waals surface area contributed by atoms with E-state index in [2.05, 4.69) is 27.7 Å². The van der Waals surface area contributed by atoms with Gasteiger partial charge in [-0.15, -0.1) is 0 Å². The molecule has 0 bridgehead atoms. The molecule has 2 aliphatic rings. The summed E-state index contributed by atoms with van der Waals surface area (Å²) in [6.45, 7) is 11.6. The van der Waals surface area contributed by atoms with E-state index in [0.29, 0.717) is 0 Å². The summed E-state index contributed by atoms with van der Waals surface area (Å²) in [6.07, 6.45) is 13.1. The third-order valence-electron chi connectivity index (χ3n) is 6.37. The largest absolute Gasteiger partial charge is 0.364 e. The normalized spacial score (nSPS) is 29.4. The molecule has 0 radical (unpaired) electrons. The molecular weight excluding hydrogens is 368 g/mol. The molecule has 0 aromatic carbocycles. The SMILES string of the molecule is CCCCCCOC1(C(C)OC(C)C2(OCCCCCC)CCCO2)CCCO1. The predicted molar refractivity (Wildman–Crippen MR) is 116 cm³/mol. The molecule has 0 N–H and O–H groups in total. The van der Waals surface area contributed by atoms with E-state index in [1.165, 1.54) is 38.5 Å². The van der Waals surface area contributed by atoms with Crippen molar-refractivity contribution in [3.05, 3.63) is 0 Å². The highest BCUT2D eigenvalue weighted by atomic mass is 16.7. The van der Waals surface area contributed by atoms with Gasteiger partial charge in [0.15, 0.2) is 11.6 Å². The van der Waals surface area contributed by atoms with Crippen molar-refractivity contribution in [3.63, 3.8) is 0 Å². The topological polar surface area (TPSA) is 46.2 Å². The van der Waals surface area contributed by atoms with Crippen LogP contribution >= 0.6 is 0 Å². The first-order valence-electron chi connectivity index (χ1n) is 12.3. The average Bonchev–Trinajstić information content (AvgIpc) is 3.39. The van der Waals surface area contributed by atoms with Crippen LogP contribution in [0.5, 0.6) is 0 Å². The summed E-state index contributed by atoms with van der Waals surface area (Å²) >= 11 is 0.